The number of nitrogens with zero attached hydrogens (tertiary/aromatic N) is 1. The summed E-state index contributed by atoms with van der Waals surface area (Å²) < 4.78 is 33.8. The summed E-state index contributed by atoms with van der Waals surface area (Å²) in [6.07, 6.45) is 2.16. The van der Waals surface area contributed by atoms with E-state index in [-0.39, 0.29) is 10.5 Å². The molecule has 0 bridgehead atoms. The van der Waals surface area contributed by atoms with E-state index >= 15 is 0 Å². The van der Waals surface area contributed by atoms with Crippen LogP contribution in [0.2, 0.25) is 0 Å². The molecule has 180 valence electrons. The lowest BCUT2D eigenvalue weighted by atomic mass is 10.2. The van der Waals surface area contributed by atoms with Gasteiger partial charge in [0.1, 0.15) is 11.8 Å². The number of ether oxygens (including phenoxy) is 1. The van der Waals surface area contributed by atoms with Crippen molar-refractivity contribution < 1.29 is 27.9 Å². The number of carboxylic acid groups (broad SMARTS) is 1. The average molecular weight is 489 g/mol. The smallest absolute Gasteiger partial charge is 0.323 e. The van der Waals surface area contributed by atoms with Crippen LogP contribution in [0.4, 0.5) is 0 Å². The molecule has 0 saturated carbocycles. The van der Waals surface area contributed by atoms with E-state index in [9.17, 15) is 27.9 Å². The van der Waals surface area contributed by atoms with Crippen LogP contribution < -0.4 is 26.1 Å². The number of carbonyl (C=O) groups excluding carboxylic acids is 1. The first-order valence-electron chi connectivity index (χ1n) is 10.3. The number of sulfonamides is 1. The molecular formula is C22H24N4O7S. The molecule has 34 heavy (non-hydrogen) atoms. The maximum Gasteiger partial charge on any atom is 0.323 e. The summed E-state index contributed by atoms with van der Waals surface area (Å²) in [5, 5.41) is 11.8. The highest BCUT2D eigenvalue weighted by Crippen LogP contribution is 2.15. The van der Waals surface area contributed by atoms with Gasteiger partial charge >= 0.3 is 5.97 Å². The number of hydrogen-bond acceptors (Lipinski definition) is 7. The third kappa shape index (κ3) is 6.19. The summed E-state index contributed by atoms with van der Waals surface area (Å²) in [4.78, 5) is 36.5. The van der Waals surface area contributed by atoms with Crippen LogP contribution >= 0.6 is 0 Å². The Bertz CT molecular complexity index is 1340. The molecule has 11 nitrogen and oxygen atoms in total. The number of aliphatic carboxylic acids is 1. The van der Waals surface area contributed by atoms with E-state index in [1.807, 2.05) is 0 Å². The lowest BCUT2D eigenvalue weighted by Crippen LogP contribution is -2.48. The van der Waals surface area contributed by atoms with Crippen molar-refractivity contribution in [1.29, 1.82) is 0 Å². The minimum atomic E-state index is -4.12. The lowest BCUT2D eigenvalue weighted by molar-refractivity contribution is -0.138. The topological polar surface area (TPSA) is 169 Å². The van der Waals surface area contributed by atoms with Crippen LogP contribution in [0.5, 0.6) is 5.75 Å². The second kappa shape index (κ2) is 10.9. The number of pyridine rings is 2. The Labute approximate surface area is 195 Å². The molecule has 0 radical (unpaired) electrons. The molecule has 0 saturated heterocycles. The standard InChI is InChI=1S/C22H24N4O7S/c23-8-4-10-33-17-7-9-26-16(13-17)11-15(12-20(26)27)21(28)24-14-19(22(29)30)25-34(31,32)18-5-2-1-3-6-18/h1-3,5-7,9,11-13,19,25H,4,8,10,14,23H2,(H,24,28)(H,29,30). The number of amides is 1. The van der Waals surface area contributed by atoms with Crippen molar-refractivity contribution in [1.82, 2.24) is 14.4 Å². The first-order chi connectivity index (χ1) is 16.2. The molecule has 12 heteroatoms. The highest BCUT2D eigenvalue weighted by atomic mass is 32.2. The van der Waals surface area contributed by atoms with Crippen LogP contribution in [0, 0.1) is 0 Å². The highest BCUT2D eigenvalue weighted by molar-refractivity contribution is 7.89. The van der Waals surface area contributed by atoms with Gasteiger partial charge in [0.15, 0.2) is 0 Å². The van der Waals surface area contributed by atoms with E-state index in [0.29, 0.717) is 30.8 Å². The quantitative estimate of drug-likeness (QED) is 0.277. The van der Waals surface area contributed by atoms with Gasteiger partial charge in [-0.15, -0.1) is 0 Å². The van der Waals surface area contributed by atoms with Crippen molar-refractivity contribution in [2.75, 3.05) is 19.7 Å². The second-order valence-electron chi connectivity index (χ2n) is 7.27. The molecule has 2 aromatic heterocycles. The van der Waals surface area contributed by atoms with E-state index in [2.05, 4.69) is 10.0 Å². The van der Waals surface area contributed by atoms with Crippen molar-refractivity contribution in [2.45, 2.75) is 17.4 Å². The molecule has 1 unspecified atom stereocenters. The second-order valence-corrected chi connectivity index (χ2v) is 8.98. The van der Waals surface area contributed by atoms with Crippen molar-refractivity contribution >= 4 is 27.4 Å². The molecule has 1 amide bonds. The number of hydrogen-bond donors (Lipinski definition) is 4. The molecule has 2 heterocycles. The fraction of sp³-hybridized carbons (Fsp3) is 0.227. The number of benzene rings is 1. The van der Waals surface area contributed by atoms with Crippen LogP contribution in [0.15, 0.2) is 70.5 Å². The Morgan fingerprint density at radius 1 is 1.12 bits per heavy atom. The summed E-state index contributed by atoms with van der Waals surface area (Å²) in [5.74, 6) is -1.72. The average Bonchev–Trinajstić information content (AvgIpc) is 2.82. The highest BCUT2D eigenvalue weighted by Gasteiger charge is 2.26. The van der Waals surface area contributed by atoms with Crippen molar-refractivity contribution in [3.05, 3.63) is 76.7 Å². The van der Waals surface area contributed by atoms with E-state index in [1.54, 1.807) is 18.2 Å². The van der Waals surface area contributed by atoms with Crippen LogP contribution in [-0.2, 0) is 14.8 Å². The number of carboxylic acids is 1. The van der Waals surface area contributed by atoms with Gasteiger partial charge in [-0.1, -0.05) is 18.2 Å². The van der Waals surface area contributed by atoms with Crippen LogP contribution in [-0.4, -0.2) is 55.5 Å². The summed E-state index contributed by atoms with van der Waals surface area (Å²) in [6, 6.07) is 11.4. The molecule has 1 atom stereocenters. The van der Waals surface area contributed by atoms with E-state index < -0.39 is 40.0 Å². The summed E-state index contributed by atoms with van der Waals surface area (Å²) >= 11 is 0. The summed E-state index contributed by atoms with van der Waals surface area (Å²) in [5.41, 5.74) is 5.34. The zero-order valence-corrected chi connectivity index (χ0v) is 18.8. The van der Waals surface area contributed by atoms with Gasteiger partial charge < -0.3 is 20.9 Å². The monoisotopic (exact) mass is 488 g/mol. The molecule has 0 aliphatic heterocycles. The molecular weight excluding hydrogens is 464 g/mol. The number of carbonyl (C=O) groups is 2. The third-order valence-electron chi connectivity index (χ3n) is 4.77. The molecule has 0 aliphatic carbocycles. The van der Waals surface area contributed by atoms with Crippen molar-refractivity contribution in [3.63, 3.8) is 0 Å². The predicted octanol–water partition coefficient (Wildman–Crippen LogP) is 0.189. The van der Waals surface area contributed by atoms with Gasteiger partial charge in [-0.2, -0.15) is 4.72 Å². The fourth-order valence-electron chi connectivity index (χ4n) is 3.04. The molecule has 5 N–H and O–H groups in total. The summed E-state index contributed by atoms with van der Waals surface area (Å²) in [6.45, 7) is 0.324. The van der Waals surface area contributed by atoms with E-state index in [0.717, 1.165) is 6.07 Å². The first kappa shape index (κ1) is 24.9. The van der Waals surface area contributed by atoms with Crippen LogP contribution in [0.25, 0.3) is 5.52 Å². The molecule has 0 spiro atoms. The van der Waals surface area contributed by atoms with Gasteiger partial charge in [0, 0.05) is 30.4 Å². The van der Waals surface area contributed by atoms with Gasteiger partial charge in [0.25, 0.3) is 11.5 Å². The maximum absolute atomic E-state index is 12.6. The van der Waals surface area contributed by atoms with Gasteiger partial charge in [-0.05, 0) is 37.2 Å². The Morgan fingerprint density at radius 3 is 2.53 bits per heavy atom. The van der Waals surface area contributed by atoms with Gasteiger partial charge in [-0.3, -0.25) is 18.8 Å². The first-order valence-corrected chi connectivity index (χ1v) is 11.8. The Hall–Kier alpha value is -3.74. The molecule has 0 aliphatic rings. The van der Waals surface area contributed by atoms with Gasteiger partial charge in [-0.25, -0.2) is 8.42 Å². The maximum atomic E-state index is 12.6. The van der Waals surface area contributed by atoms with E-state index in [1.165, 1.54) is 40.9 Å². The van der Waals surface area contributed by atoms with Crippen LogP contribution in [0.3, 0.4) is 0 Å². The minimum absolute atomic E-state index is 0.0147. The Morgan fingerprint density at radius 2 is 1.85 bits per heavy atom. The molecule has 3 rings (SSSR count). The molecule has 0 fully saturated rings. The normalized spacial score (nSPS) is 12.3. The number of fused-ring (bicyclic) bond motifs is 1. The Kier molecular flexibility index (Phi) is 7.99. The number of rotatable bonds is 11. The fourth-order valence-corrected chi connectivity index (χ4v) is 4.25. The summed E-state index contributed by atoms with van der Waals surface area (Å²) in [7, 11) is -4.12. The zero-order chi connectivity index (χ0) is 24.7. The SMILES string of the molecule is NCCCOc1ccn2c(=O)cc(C(=O)NCC(NS(=O)(=O)c3ccccc3)C(=O)O)cc2c1. The van der Waals surface area contributed by atoms with Crippen molar-refractivity contribution in [3.8, 4) is 5.75 Å². The molecule has 3 aromatic rings. The van der Waals surface area contributed by atoms with Crippen molar-refractivity contribution in [2.24, 2.45) is 5.73 Å². The number of aromatic nitrogens is 1. The lowest BCUT2D eigenvalue weighted by Gasteiger charge is -2.16. The number of nitrogens with two attached hydrogens (primary N) is 1. The predicted molar refractivity (Wildman–Crippen MR) is 123 cm³/mol. The largest absolute Gasteiger partial charge is 0.493 e. The van der Waals surface area contributed by atoms with Crippen LogP contribution in [0.1, 0.15) is 16.8 Å². The zero-order valence-electron chi connectivity index (χ0n) is 18.0. The minimum Gasteiger partial charge on any atom is -0.493 e. The Balaban J connectivity index is 1.74. The van der Waals surface area contributed by atoms with Gasteiger partial charge in [0.2, 0.25) is 10.0 Å². The van der Waals surface area contributed by atoms with E-state index in [4.69, 9.17) is 10.5 Å². The van der Waals surface area contributed by atoms with Gasteiger partial charge in [0.05, 0.1) is 17.0 Å². The third-order valence-corrected chi connectivity index (χ3v) is 6.26. The number of nitrogens with one attached hydrogen (secondary N) is 2. The molecule has 1 aromatic carbocycles.